The van der Waals surface area contributed by atoms with Gasteiger partial charge in [0.15, 0.2) is 0 Å². The molecule has 0 radical (unpaired) electrons. The van der Waals surface area contributed by atoms with Gasteiger partial charge in [-0.15, -0.1) is 11.3 Å². The number of aromatic nitrogens is 1. The minimum absolute atomic E-state index is 0.197. The fourth-order valence-corrected chi connectivity index (χ4v) is 4.04. The van der Waals surface area contributed by atoms with E-state index in [2.05, 4.69) is 22.5 Å². The largest absolute Gasteiger partial charge is 0.389 e. The number of aryl methyl sites for hydroxylation is 1. The Hall–Kier alpha value is -1.93. The van der Waals surface area contributed by atoms with Crippen molar-refractivity contribution in [2.75, 3.05) is 32.1 Å². The van der Waals surface area contributed by atoms with Crippen molar-refractivity contribution in [3.05, 3.63) is 20.9 Å². The summed E-state index contributed by atoms with van der Waals surface area (Å²) in [6.45, 7) is 5.78. The number of hydrogen-bond donors (Lipinski definition) is 2. The van der Waals surface area contributed by atoms with Gasteiger partial charge in [-0.2, -0.15) is 4.98 Å². The molecule has 0 atom stereocenters. The number of nitrogens with one attached hydrogen (secondary N) is 2. The Labute approximate surface area is 169 Å². The lowest BCUT2D eigenvalue weighted by molar-refractivity contribution is 0.0952. The van der Waals surface area contributed by atoms with E-state index in [9.17, 15) is 9.59 Å². The molecule has 0 fully saturated rings. The summed E-state index contributed by atoms with van der Waals surface area (Å²) in [4.78, 5) is 30.2. The second-order valence-corrected chi connectivity index (χ2v) is 7.84. The lowest BCUT2D eigenvalue weighted by atomic mass is 10.1. The average Bonchev–Trinajstić information content (AvgIpc) is 3.01. The first-order valence-corrected chi connectivity index (χ1v) is 10.8. The Morgan fingerprint density at radius 3 is 2.64 bits per heavy atom. The molecule has 0 unspecified atom stereocenters. The number of nitrogens with zero attached hydrogens (tertiary/aromatic N) is 1. The average molecular weight is 410 g/mol. The van der Waals surface area contributed by atoms with Crippen LogP contribution in [-0.2, 0) is 4.74 Å². The van der Waals surface area contributed by atoms with Crippen LogP contribution in [-0.4, -0.2) is 37.7 Å². The lowest BCUT2D eigenvalue weighted by Crippen LogP contribution is -2.25. The molecule has 2 N–H and O–H groups in total. The molecule has 2 aromatic rings. The number of hydrogen-bond acceptors (Lipinski definition) is 7. The fourth-order valence-electron chi connectivity index (χ4n) is 2.96. The monoisotopic (exact) mass is 409 g/mol. The molecule has 0 spiro atoms. The van der Waals surface area contributed by atoms with Crippen LogP contribution in [0.4, 0.5) is 6.01 Å². The number of rotatable bonds is 13. The number of anilines is 1. The van der Waals surface area contributed by atoms with Gasteiger partial charge in [-0.25, -0.2) is 4.79 Å². The van der Waals surface area contributed by atoms with E-state index in [4.69, 9.17) is 9.15 Å². The summed E-state index contributed by atoms with van der Waals surface area (Å²) in [6.07, 6.45) is 7.89. The van der Waals surface area contributed by atoms with Crippen LogP contribution in [0.5, 0.6) is 0 Å². The number of carbonyl (C=O) groups excluding carboxylic acids is 1. The van der Waals surface area contributed by atoms with Gasteiger partial charge < -0.3 is 19.8 Å². The summed E-state index contributed by atoms with van der Waals surface area (Å²) >= 11 is 1.22. The molecule has 0 aromatic carbocycles. The van der Waals surface area contributed by atoms with E-state index in [0.717, 1.165) is 19.3 Å². The number of carbonyl (C=O) groups is 1. The topological polar surface area (TPSA) is 93.5 Å². The van der Waals surface area contributed by atoms with Crippen molar-refractivity contribution in [1.29, 1.82) is 0 Å². The Morgan fingerprint density at radius 2 is 1.89 bits per heavy atom. The first-order valence-electron chi connectivity index (χ1n) is 10.0. The molecule has 0 aliphatic rings. The maximum absolute atomic E-state index is 12.4. The first kappa shape index (κ1) is 22.4. The van der Waals surface area contributed by atoms with E-state index in [1.165, 1.54) is 37.0 Å². The van der Waals surface area contributed by atoms with Crippen molar-refractivity contribution in [2.45, 2.75) is 58.8 Å². The molecule has 0 aliphatic carbocycles. The number of unbranched alkanes of at least 4 members (excludes halogenated alkanes) is 5. The van der Waals surface area contributed by atoms with Gasteiger partial charge in [0.1, 0.15) is 10.2 Å². The molecular weight excluding hydrogens is 378 g/mol. The van der Waals surface area contributed by atoms with E-state index in [-0.39, 0.29) is 11.9 Å². The van der Waals surface area contributed by atoms with Crippen LogP contribution in [0, 0.1) is 6.92 Å². The van der Waals surface area contributed by atoms with E-state index in [1.54, 1.807) is 14.0 Å². The quantitative estimate of drug-likeness (QED) is 0.484. The Kier molecular flexibility index (Phi) is 9.43. The summed E-state index contributed by atoms with van der Waals surface area (Å²) in [6, 6.07) is 0.222. The Balaban J connectivity index is 1.98. The second kappa shape index (κ2) is 11.8. The van der Waals surface area contributed by atoms with Gasteiger partial charge in [0, 0.05) is 26.8 Å². The molecule has 8 heteroatoms. The molecule has 2 aromatic heterocycles. The zero-order chi connectivity index (χ0) is 20.4. The van der Waals surface area contributed by atoms with Gasteiger partial charge in [-0.1, -0.05) is 39.0 Å². The summed E-state index contributed by atoms with van der Waals surface area (Å²) in [5, 5.41) is 6.32. The zero-order valence-corrected chi connectivity index (χ0v) is 17.9. The molecule has 0 saturated carbocycles. The van der Waals surface area contributed by atoms with Crippen molar-refractivity contribution >= 4 is 33.5 Å². The molecule has 156 valence electrons. The van der Waals surface area contributed by atoms with E-state index in [0.29, 0.717) is 40.4 Å². The highest BCUT2D eigenvalue weighted by Gasteiger charge is 2.20. The summed E-state index contributed by atoms with van der Waals surface area (Å²) in [5.41, 5.74) is 0.163. The van der Waals surface area contributed by atoms with Gasteiger partial charge in [0.05, 0.1) is 4.88 Å². The van der Waals surface area contributed by atoms with Crippen LogP contribution in [0.15, 0.2) is 9.21 Å². The van der Waals surface area contributed by atoms with Crippen molar-refractivity contribution in [3.63, 3.8) is 0 Å². The standard InChI is InChI=1S/C20H31N3O4S/c1-4-5-6-7-8-9-11-22-20-23-18-15(19(25)27-20)14(2)16(28-18)17(24)21-12-10-13-26-3/h4-13H2,1-3H3,(H,21,24)(H,22,23). The smallest absolute Gasteiger partial charge is 0.349 e. The molecular formula is C20H31N3O4S. The molecule has 0 saturated heterocycles. The molecule has 2 heterocycles. The van der Waals surface area contributed by atoms with Crippen molar-refractivity contribution in [3.8, 4) is 0 Å². The highest BCUT2D eigenvalue weighted by molar-refractivity contribution is 7.20. The Morgan fingerprint density at radius 1 is 1.14 bits per heavy atom. The van der Waals surface area contributed by atoms with E-state index < -0.39 is 5.63 Å². The van der Waals surface area contributed by atoms with Gasteiger partial charge >= 0.3 is 5.63 Å². The third-order valence-electron chi connectivity index (χ3n) is 4.55. The summed E-state index contributed by atoms with van der Waals surface area (Å²) in [7, 11) is 1.63. The van der Waals surface area contributed by atoms with Crippen LogP contribution < -0.4 is 16.3 Å². The maximum atomic E-state index is 12.4. The highest BCUT2D eigenvalue weighted by Crippen LogP contribution is 2.28. The molecule has 2 rings (SSSR count). The minimum atomic E-state index is -0.456. The van der Waals surface area contributed by atoms with Gasteiger partial charge in [0.2, 0.25) is 0 Å². The number of ether oxygens (including phenoxy) is 1. The third-order valence-corrected chi connectivity index (χ3v) is 5.73. The van der Waals surface area contributed by atoms with Crippen molar-refractivity contribution in [2.24, 2.45) is 0 Å². The molecule has 0 aliphatic heterocycles. The minimum Gasteiger partial charge on any atom is -0.389 e. The molecule has 28 heavy (non-hydrogen) atoms. The van der Waals surface area contributed by atoms with Gasteiger partial charge in [-0.05, 0) is 25.3 Å². The van der Waals surface area contributed by atoms with Crippen LogP contribution >= 0.6 is 11.3 Å². The summed E-state index contributed by atoms with van der Waals surface area (Å²) < 4.78 is 10.3. The van der Waals surface area contributed by atoms with Gasteiger partial charge in [-0.3, -0.25) is 4.79 Å². The number of methoxy groups -OCH3 is 1. The number of amides is 1. The summed E-state index contributed by atoms with van der Waals surface area (Å²) in [5.74, 6) is -0.197. The molecule has 7 nitrogen and oxygen atoms in total. The normalized spacial score (nSPS) is 11.1. The fraction of sp³-hybridized carbons (Fsp3) is 0.650. The van der Waals surface area contributed by atoms with E-state index in [1.807, 2.05) is 0 Å². The lowest BCUT2D eigenvalue weighted by Gasteiger charge is -2.04. The SMILES string of the molecule is CCCCCCCCNc1nc2sc(C(=O)NCCCOC)c(C)c2c(=O)o1. The van der Waals surface area contributed by atoms with Crippen LogP contribution in [0.25, 0.3) is 10.2 Å². The maximum Gasteiger partial charge on any atom is 0.349 e. The predicted octanol–water partition coefficient (Wildman–Crippen LogP) is 4.10. The second-order valence-electron chi connectivity index (χ2n) is 6.84. The van der Waals surface area contributed by atoms with E-state index >= 15 is 0 Å². The van der Waals surface area contributed by atoms with Crippen LogP contribution in [0.3, 0.4) is 0 Å². The number of thiophene rings is 1. The predicted molar refractivity (Wildman–Crippen MR) is 114 cm³/mol. The first-order chi connectivity index (χ1) is 13.6. The van der Waals surface area contributed by atoms with Crippen LogP contribution in [0.2, 0.25) is 0 Å². The number of fused-ring (bicyclic) bond motifs is 1. The van der Waals surface area contributed by atoms with Crippen molar-refractivity contribution < 1.29 is 13.9 Å². The third kappa shape index (κ3) is 6.31. The molecule has 1 amide bonds. The zero-order valence-electron chi connectivity index (χ0n) is 17.1. The van der Waals surface area contributed by atoms with Crippen molar-refractivity contribution in [1.82, 2.24) is 10.3 Å². The molecule has 0 bridgehead atoms. The Bertz CT molecular complexity index is 816. The van der Waals surface area contributed by atoms with Gasteiger partial charge in [0.25, 0.3) is 11.9 Å². The van der Waals surface area contributed by atoms with Crippen LogP contribution in [0.1, 0.15) is 67.1 Å². The highest BCUT2D eigenvalue weighted by atomic mass is 32.1.